The van der Waals surface area contributed by atoms with Crippen molar-refractivity contribution in [2.45, 2.75) is 0 Å². The van der Waals surface area contributed by atoms with E-state index >= 15 is 0 Å². The normalized spacial score (nSPS) is 17.0. The molecule has 4 nitrogen and oxygen atoms in total. The molecule has 14 heavy (non-hydrogen) atoms. The summed E-state index contributed by atoms with van der Waals surface area (Å²) in [4.78, 5) is 2.22. The third-order valence-corrected chi connectivity index (χ3v) is 2.40. The van der Waals surface area contributed by atoms with E-state index in [1.807, 2.05) is 12.1 Å². The van der Waals surface area contributed by atoms with Crippen LogP contribution in [0.15, 0.2) is 18.2 Å². The third kappa shape index (κ3) is 1.75. The van der Waals surface area contributed by atoms with Gasteiger partial charge in [0.15, 0.2) is 0 Å². The van der Waals surface area contributed by atoms with Gasteiger partial charge in [-0.3, -0.25) is 0 Å². The maximum absolute atomic E-state index is 5.89. The largest absolute Gasteiger partial charge is 0.399 e. The van der Waals surface area contributed by atoms with Crippen LogP contribution in [0.25, 0.3) is 0 Å². The lowest BCUT2D eigenvalue weighted by atomic mass is 10.2. The number of nitrogen functional groups attached to an aromatic ring is 2. The lowest BCUT2D eigenvalue weighted by molar-refractivity contribution is 0.123. The Balaban J connectivity index is 2.22. The van der Waals surface area contributed by atoms with E-state index in [1.165, 1.54) is 0 Å². The van der Waals surface area contributed by atoms with Crippen LogP contribution in [0.3, 0.4) is 0 Å². The summed E-state index contributed by atoms with van der Waals surface area (Å²) in [6.07, 6.45) is 0. The number of hydrogen-bond donors (Lipinski definition) is 2. The highest BCUT2D eigenvalue weighted by molar-refractivity contribution is 5.71. The molecule has 1 aliphatic heterocycles. The predicted molar refractivity (Wildman–Crippen MR) is 58.3 cm³/mol. The summed E-state index contributed by atoms with van der Waals surface area (Å²) in [6.45, 7) is 3.33. The van der Waals surface area contributed by atoms with E-state index in [4.69, 9.17) is 16.2 Å². The topological polar surface area (TPSA) is 64.5 Å². The van der Waals surface area contributed by atoms with E-state index in [2.05, 4.69) is 4.90 Å². The first-order valence-electron chi connectivity index (χ1n) is 4.75. The Kier molecular flexibility index (Phi) is 2.45. The van der Waals surface area contributed by atoms with Crippen LogP contribution in [-0.4, -0.2) is 26.3 Å². The molecule has 0 aromatic heterocycles. The van der Waals surface area contributed by atoms with Crippen LogP contribution in [0.5, 0.6) is 0 Å². The van der Waals surface area contributed by atoms with Crippen LogP contribution in [0.2, 0.25) is 0 Å². The molecule has 0 atom stereocenters. The molecule has 1 fully saturated rings. The Labute approximate surface area is 83.4 Å². The van der Waals surface area contributed by atoms with Crippen molar-refractivity contribution >= 4 is 17.1 Å². The average Bonchev–Trinajstić information content (AvgIpc) is 2.19. The maximum atomic E-state index is 5.89. The molecule has 0 saturated carbocycles. The lowest BCUT2D eigenvalue weighted by Gasteiger charge is -2.29. The van der Waals surface area contributed by atoms with Crippen LogP contribution in [0.4, 0.5) is 17.1 Å². The van der Waals surface area contributed by atoms with Crippen molar-refractivity contribution in [3.63, 3.8) is 0 Å². The van der Waals surface area contributed by atoms with Crippen LogP contribution >= 0.6 is 0 Å². The second kappa shape index (κ2) is 3.75. The quantitative estimate of drug-likeness (QED) is 0.644. The van der Waals surface area contributed by atoms with E-state index in [9.17, 15) is 0 Å². The van der Waals surface area contributed by atoms with Crippen LogP contribution in [0.1, 0.15) is 0 Å². The van der Waals surface area contributed by atoms with Gasteiger partial charge in [-0.1, -0.05) is 0 Å². The lowest BCUT2D eigenvalue weighted by Crippen LogP contribution is -2.36. The second-order valence-electron chi connectivity index (χ2n) is 3.42. The standard InChI is InChI=1S/C10H15N3O/c11-8-1-2-10(9(12)7-8)13-3-5-14-6-4-13/h1-2,7H,3-6,11-12H2. The molecule has 0 unspecified atom stereocenters. The van der Waals surface area contributed by atoms with Crippen molar-refractivity contribution in [1.82, 2.24) is 0 Å². The Bertz CT molecular complexity index is 321. The first-order valence-corrected chi connectivity index (χ1v) is 4.75. The molecule has 0 aliphatic carbocycles. The highest BCUT2D eigenvalue weighted by atomic mass is 16.5. The number of anilines is 3. The van der Waals surface area contributed by atoms with Gasteiger partial charge in [0.25, 0.3) is 0 Å². The van der Waals surface area contributed by atoms with Crippen molar-refractivity contribution in [3.05, 3.63) is 18.2 Å². The van der Waals surface area contributed by atoms with E-state index in [0.29, 0.717) is 5.69 Å². The Hall–Kier alpha value is -1.42. The molecule has 1 heterocycles. The first kappa shape index (κ1) is 9.15. The molecular formula is C10H15N3O. The van der Waals surface area contributed by atoms with Crippen LogP contribution in [0, 0.1) is 0 Å². The second-order valence-corrected chi connectivity index (χ2v) is 3.42. The van der Waals surface area contributed by atoms with Crippen molar-refractivity contribution in [3.8, 4) is 0 Å². The SMILES string of the molecule is Nc1ccc(N2CCOCC2)c(N)c1. The zero-order chi connectivity index (χ0) is 9.97. The van der Waals surface area contributed by atoms with Gasteiger partial charge >= 0.3 is 0 Å². The van der Waals surface area contributed by atoms with Crippen molar-refractivity contribution in [1.29, 1.82) is 0 Å². The van der Waals surface area contributed by atoms with Gasteiger partial charge in [-0.05, 0) is 18.2 Å². The van der Waals surface area contributed by atoms with Crippen LogP contribution < -0.4 is 16.4 Å². The van der Waals surface area contributed by atoms with Gasteiger partial charge in [0.2, 0.25) is 0 Å². The maximum Gasteiger partial charge on any atom is 0.0642 e. The smallest absolute Gasteiger partial charge is 0.0642 e. The van der Waals surface area contributed by atoms with Gasteiger partial charge in [-0.25, -0.2) is 0 Å². The third-order valence-electron chi connectivity index (χ3n) is 2.40. The molecule has 1 aromatic carbocycles. The fraction of sp³-hybridized carbons (Fsp3) is 0.400. The highest BCUT2D eigenvalue weighted by Crippen LogP contribution is 2.25. The number of ether oxygens (including phenoxy) is 1. The molecule has 0 radical (unpaired) electrons. The fourth-order valence-electron chi connectivity index (χ4n) is 1.67. The van der Waals surface area contributed by atoms with Crippen molar-refractivity contribution in [2.75, 3.05) is 42.7 Å². The monoisotopic (exact) mass is 193 g/mol. The van der Waals surface area contributed by atoms with E-state index in [1.54, 1.807) is 6.07 Å². The summed E-state index contributed by atoms with van der Waals surface area (Å²) >= 11 is 0. The Morgan fingerprint density at radius 1 is 1.14 bits per heavy atom. The highest BCUT2D eigenvalue weighted by Gasteiger charge is 2.13. The molecular weight excluding hydrogens is 178 g/mol. The minimum Gasteiger partial charge on any atom is -0.399 e. The Morgan fingerprint density at radius 2 is 1.86 bits per heavy atom. The van der Waals surface area contributed by atoms with Crippen LogP contribution in [-0.2, 0) is 4.74 Å². The molecule has 4 heteroatoms. The van der Waals surface area contributed by atoms with Gasteiger partial charge < -0.3 is 21.1 Å². The van der Waals surface area contributed by atoms with Gasteiger partial charge in [-0.15, -0.1) is 0 Å². The van der Waals surface area contributed by atoms with Crippen molar-refractivity contribution < 1.29 is 4.74 Å². The van der Waals surface area contributed by atoms with E-state index < -0.39 is 0 Å². The minimum absolute atomic E-state index is 0.708. The zero-order valence-corrected chi connectivity index (χ0v) is 8.07. The molecule has 1 saturated heterocycles. The summed E-state index contributed by atoms with van der Waals surface area (Å²) in [5.41, 5.74) is 14.0. The number of rotatable bonds is 1. The molecule has 0 bridgehead atoms. The number of nitrogens with zero attached hydrogens (tertiary/aromatic N) is 1. The number of benzene rings is 1. The first-order chi connectivity index (χ1) is 6.77. The number of morpholine rings is 1. The molecule has 2 rings (SSSR count). The number of hydrogen-bond acceptors (Lipinski definition) is 4. The van der Waals surface area contributed by atoms with Gasteiger partial charge in [0, 0.05) is 18.8 Å². The van der Waals surface area contributed by atoms with Gasteiger partial charge in [0.05, 0.1) is 24.6 Å². The summed E-state index contributed by atoms with van der Waals surface area (Å²) < 4.78 is 5.28. The van der Waals surface area contributed by atoms with Crippen molar-refractivity contribution in [2.24, 2.45) is 0 Å². The molecule has 4 N–H and O–H groups in total. The summed E-state index contributed by atoms with van der Waals surface area (Å²) in [7, 11) is 0. The zero-order valence-electron chi connectivity index (χ0n) is 8.07. The van der Waals surface area contributed by atoms with E-state index in [0.717, 1.165) is 37.7 Å². The summed E-state index contributed by atoms with van der Waals surface area (Å²) in [5, 5.41) is 0. The summed E-state index contributed by atoms with van der Waals surface area (Å²) in [5.74, 6) is 0. The number of nitrogens with two attached hydrogens (primary N) is 2. The molecule has 1 aliphatic rings. The molecule has 76 valence electrons. The predicted octanol–water partition coefficient (Wildman–Crippen LogP) is 0.688. The Morgan fingerprint density at radius 3 is 2.50 bits per heavy atom. The average molecular weight is 193 g/mol. The summed E-state index contributed by atoms with van der Waals surface area (Å²) in [6, 6.07) is 5.64. The van der Waals surface area contributed by atoms with Gasteiger partial charge in [-0.2, -0.15) is 0 Å². The molecule has 0 amide bonds. The minimum atomic E-state index is 0.708. The molecule has 1 aromatic rings. The molecule has 0 spiro atoms. The van der Waals surface area contributed by atoms with E-state index in [-0.39, 0.29) is 0 Å². The van der Waals surface area contributed by atoms with Gasteiger partial charge in [0.1, 0.15) is 0 Å². The fourth-order valence-corrected chi connectivity index (χ4v) is 1.67.